The van der Waals surface area contributed by atoms with Crippen molar-refractivity contribution in [3.05, 3.63) is 6.92 Å². The van der Waals surface area contributed by atoms with E-state index in [4.69, 9.17) is 0 Å². The van der Waals surface area contributed by atoms with Crippen molar-refractivity contribution in [2.75, 3.05) is 19.6 Å². The maximum atomic E-state index is 4.06. The molecule has 1 heterocycles. The maximum absolute atomic E-state index is 4.06. The molecule has 47 valence electrons. The topological polar surface area (TPSA) is 15.6 Å². The second-order valence-corrected chi connectivity index (χ2v) is 1.91. The Morgan fingerprint density at radius 3 is 2.89 bits per heavy atom. The molecule has 9 heavy (non-hydrogen) atoms. The van der Waals surface area contributed by atoms with E-state index < -0.39 is 0 Å². The fraction of sp³-hybridized carbons (Fsp3) is 0.667. The first-order chi connectivity index (χ1) is 3.93. The molecule has 0 N–H and O–H groups in total. The molecule has 0 atom stereocenters. The SMILES string of the molecule is [CH2]CCN1C=NCC1.[LiH]. The predicted molar refractivity (Wildman–Crippen MR) is 42.1 cm³/mol. The number of nitrogens with zero attached hydrogens (tertiary/aromatic N) is 2. The summed E-state index contributed by atoms with van der Waals surface area (Å²) in [4.78, 5) is 6.24. The van der Waals surface area contributed by atoms with Gasteiger partial charge in [0.15, 0.2) is 0 Å². The summed E-state index contributed by atoms with van der Waals surface area (Å²) in [6.45, 7) is 6.87. The fourth-order valence-electron chi connectivity index (χ4n) is 0.790. The summed E-state index contributed by atoms with van der Waals surface area (Å²) >= 11 is 0. The molecule has 1 rings (SSSR count). The van der Waals surface area contributed by atoms with Crippen molar-refractivity contribution in [1.29, 1.82) is 0 Å². The summed E-state index contributed by atoms with van der Waals surface area (Å²) in [5.41, 5.74) is 0. The van der Waals surface area contributed by atoms with Crippen LogP contribution in [0, 0.1) is 6.92 Å². The molecule has 0 aliphatic carbocycles. The number of hydrogen-bond acceptors (Lipinski definition) is 2. The molecule has 0 aromatic heterocycles. The molecule has 3 heteroatoms. The van der Waals surface area contributed by atoms with Gasteiger partial charge in [-0.2, -0.15) is 0 Å². The van der Waals surface area contributed by atoms with Crippen molar-refractivity contribution >= 4 is 25.2 Å². The molecule has 1 radical (unpaired) electrons. The van der Waals surface area contributed by atoms with Gasteiger partial charge in [0, 0.05) is 13.1 Å². The summed E-state index contributed by atoms with van der Waals surface area (Å²) < 4.78 is 0. The van der Waals surface area contributed by atoms with Crippen LogP contribution in [0.4, 0.5) is 0 Å². The summed E-state index contributed by atoms with van der Waals surface area (Å²) in [6, 6.07) is 0. The zero-order valence-electron chi connectivity index (χ0n) is 5.01. The van der Waals surface area contributed by atoms with E-state index in [0.29, 0.717) is 0 Å². The van der Waals surface area contributed by atoms with Crippen LogP contribution in [-0.2, 0) is 0 Å². The van der Waals surface area contributed by atoms with Gasteiger partial charge in [-0.3, -0.25) is 4.99 Å². The Kier molecular flexibility index (Phi) is 4.94. The van der Waals surface area contributed by atoms with Gasteiger partial charge in [-0.1, -0.05) is 6.92 Å². The molecule has 1 aliphatic rings. The molecular weight excluding hydrogens is 107 g/mol. The number of hydrogen-bond donors (Lipinski definition) is 0. The summed E-state index contributed by atoms with van der Waals surface area (Å²) in [5.74, 6) is 0. The fourth-order valence-corrected chi connectivity index (χ4v) is 0.790. The van der Waals surface area contributed by atoms with Crippen molar-refractivity contribution in [1.82, 2.24) is 4.90 Å². The Labute approximate surface area is 68.5 Å². The molecule has 2 nitrogen and oxygen atoms in total. The van der Waals surface area contributed by atoms with Gasteiger partial charge < -0.3 is 4.90 Å². The third-order valence-corrected chi connectivity index (χ3v) is 1.21. The molecule has 1 aliphatic heterocycles. The van der Waals surface area contributed by atoms with Crippen LogP contribution in [-0.4, -0.2) is 49.7 Å². The first-order valence-corrected chi connectivity index (χ1v) is 2.97. The molecule has 0 aromatic carbocycles. The second-order valence-electron chi connectivity index (χ2n) is 1.91. The average molecular weight is 119 g/mol. The van der Waals surface area contributed by atoms with Crippen molar-refractivity contribution < 1.29 is 0 Å². The molecule has 0 unspecified atom stereocenters. The molecular formula is C6H12LiN2. The standard InChI is InChI=1S/C6H11N2.Li.H/c1-2-4-8-5-3-7-6-8;;/h6H,1-5H2;;. The Bertz CT molecular complexity index is 93.1. The number of rotatable bonds is 2. The van der Waals surface area contributed by atoms with Crippen LogP contribution in [0.25, 0.3) is 0 Å². The van der Waals surface area contributed by atoms with E-state index in [1.54, 1.807) is 0 Å². The van der Waals surface area contributed by atoms with Gasteiger partial charge in [-0.15, -0.1) is 0 Å². The van der Waals surface area contributed by atoms with Gasteiger partial charge in [-0.05, 0) is 6.42 Å². The van der Waals surface area contributed by atoms with Gasteiger partial charge in [0.25, 0.3) is 0 Å². The molecule has 0 fully saturated rings. The van der Waals surface area contributed by atoms with Gasteiger partial charge in [-0.25, -0.2) is 0 Å². The Morgan fingerprint density at radius 1 is 1.67 bits per heavy atom. The minimum absolute atomic E-state index is 0. The van der Waals surface area contributed by atoms with Crippen molar-refractivity contribution in [2.24, 2.45) is 4.99 Å². The van der Waals surface area contributed by atoms with Crippen LogP contribution in [0.1, 0.15) is 6.42 Å². The van der Waals surface area contributed by atoms with Gasteiger partial charge in [0.2, 0.25) is 0 Å². The summed E-state index contributed by atoms with van der Waals surface area (Å²) in [6.07, 6.45) is 2.89. The van der Waals surface area contributed by atoms with E-state index >= 15 is 0 Å². The van der Waals surface area contributed by atoms with Gasteiger partial charge in [0.05, 0.1) is 12.9 Å². The summed E-state index contributed by atoms with van der Waals surface area (Å²) in [7, 11) is 0. The molecule has 0 amide bonds. The third-order valence-electron chi connectivity index (χ3n) is 1.21. The van der Waals surface area contributed by atoms with E-state index in [9.17, 15) is 0 Å². The predicted octanol–water partition coefficient (Wildman–Crippen LogP) is -0.0940. The van der Waals surface area contributed by atoms with Crippen LogP contribution in [0.15, 0.2) is 4.99 Å². The molecule has 0 saturated carbocycles. The van der Waals surface area contributed by atoms with Crippen LogP contribution in [0.3, 0.4) is 0 Å². The van der Waals surface area contributed by atoms with Gasteiger partial charge in [0.1, 0.15) is 0 Å². The monoisotopic (exact) mass is 119 g/mol. The van der Waals surface area contributed by atoms with E-state index in [0.717, 1.165) is 26.1 Å². The Balaban J connectivity index is 0.000000640. The molecule has 0 bridgehead atoms. The number of aliphatic imine (C=N–C) groups is 1. The van der Waals surface area contributed by atoms with Crippen LogP contribution < -0.4 is 0 Å². The van der Waals surface area contributed by atoms with Crippen LogP contribution >= 0.6 is 0 Å². The van der Waals surface area contributed by atoms with Gasteiger partial charge >= 0.3 is 18.9 Å². The average Bonchev–Trinajstić information content (AvgIpc) is 2.19. The van der Waals surface area contributed by atoms with Crippen molar-refractivity contribution in [3.63, 3.8) is 0 Å². The van der Waals surface area contributed by atoms with Crippen molar-refractivity contribution in [2.45, 2.75) is 6.42 Å². The zero-order valence-corrected chi connectivity index (χ0v) is 5.01. The van der Waals surface area contributed by atoms with Crippen LogP contribution in [0.5, 0.6) is 0 Å². The first-order valence-electron chi connectivity index (χ1n) is 2.97. The molecule has 0 spiro atoms. The third kappa shape index (κ3) is 2.93. The quantitative estimate of drug-likeness (QED) is 0.464. The van der Waals surface area contributed by atoms with Crippen LogP contribution in [0.2, 0.25) is 0 Å². The van der Waals surface area contributed by atoms with E-state index in [1.165, 1.54) is 0 Å². The van der Waals surface area contributed by atoms with E-state index in [2.05, 4.69) is 16.8 Å². The van der Waals surface area contributed by atoms with Crippen molar-refractivity contribution in [3.8, 4) is 0 Å². The Morgan fingerprint density at radius 2 is 2.44 bits per heavy atom. The second kappa shape index (κ2) is 4.90. The normalized spacial score (nSPS) is 15.9. The van der Waals surface area contributed by atoms with E-state index in [1.807, 2.05) is 6.34 Å². The first kappa shape index (κ1) is 9.07. The summed E-state index contributed by atoms with van der Waals surface area (Å²) in [5, 5.41) is 0. The molecule has 0 aromatic rings. The zero-order chi connectivity index (χ0) is 5.82. The molecule has 0 saturated heterocycles. The van der Waals surface area contributed by atoms with E-state index in [-0.39, 0.29) is 18.9 Å². The Hall–Kier alpha value is 0.0674. The minimum atomic E-state index is 0.